The standard InChI is InChI=1S/C52H30OS/c1-2-10-31(11-3-1)48-40-13-4-6-15-42(40)49(43-16-7-5-14-41(43)48)37-21-20-33-28-32(18-19-34(33)30-37)35-22-24-38-36(29-35)23-25-45-50-47(54-52(38)45)27-26-44-39-12-8-9-17-46(39)53-51(44)50/h1-30H. The molecular formula is C52H30OS. The average Bonchev–Trinajstić information content (AvgIpc) is 3.81. The predicted octanol–water partition coefficient (Wildman–Crippen LogP) is 15.6. The molecule has 0 radical (unpaired) electrons. The number of para-hydroxylation sites is 1. The minimum Gasteiger partial charge on any atom is -0.455 e. The van der Waals surface area contributed by atoms with Gasteiger partial charge in [-0.1, -0.05) is 146 Å². The molecule has 12 rings (SSSR count). The topological polar surface area (TPSA) is 13.1 Å². The van der Waals surface area contributed by atoms with Crippen molar-refractivity contribution in [1.82, 2.24) is 0 Å². The first-order valence-corrected chi connectivity index (χ1v) is 19.3. The first-order valence-electron chi connectivity index (χ1n) is 18.5. The molecule has 12 aromatic rings. The summed E-state index contributed by atoms with van der Waals surface area (Å²) in [5, 5.41) is 14.9. The van der Waals surface area contributed by atoms with Gasteiger partial charge in [-0.2, -0.15) is 0 Å². The van der Waals surface area contributed by atoms with Crippen LogP contribution in [-0.2, 0) is 0 Å². The van der Waals surface area contributed by atoms with Gasteiger partial charge in [-0.05, 0) is 113 Å². The molecule has 0 amide bonds. The van der Waals surface area contributed by atoms with E-state index in [9.17, 15) is 0 Å². The normalized spacial score (nSPS) is 12.1. The Balaban J connectivity index is 0.967. The molecule has 0 atom stereocenters. The van der Waals surface area contributed by atoms with Gasteiger partial charge >= 0.3 is 0 Å². The quantitative estimate of drug-likeness (QED) is 0.167. The molecule has 0 saturated carbocycles. The maximum atomic E-state index is 6.45. The Bertz CT molecular complexity index is 3440. The summed E-state index contributed by atoms with van der Waals surface area (Å²) < 4.78 is 9.02. The van der Waals surface area contributed by atoms with Crippen LogP contribution in [0.3, 0.4) is 0 Å². The minimum atomic E-state index is 0.941. The van der Waals surface area contributed by atoms with E-state index in [2.05, 4.69) is 176 Å². The smallest absolute Gasteiger partial charge is 0.144 e. The predicted molar refractivity (Wildman–Crippen MR) is 233 cm³/mol. The van der Waals surface area contributed by atoms with Gasteiger partial charge in [0, 0.05) is 30.9 Å². The van der Waals surface area contributed by atoms with Crippen LogP contribution in [0.4, 0.5) is 0 Å². The molecule has 250 valence electrons. The molecule has 0 aliphatic rings. The van der Waals surface area contributed by atoms with Crippen LogP contribution in [0.2, 0.25) is 0 Å². The van der Waals surface area contributed by atoms with Crippen molar-refractivity contribution in [3.05, 3.63) is 182 Å². The second kappa shape index (κ2) is 11.4. The number of fused-ring (bicyclic) bond motifs is 12. The zero-order valence-corrected chi connectivity index (χ0v) is 30.0. The molecule has 2 aromatic heterocycles. The zero-order valence-electron chi connectivity index (χ0n) is 29.1. The molecule has 54 heavy (non-hydrogen) atoms. The van der Waals surface area contributed by atoms with Gasteiger partial charge in [0.05, 0.1) is 0 Å². The first kappa shape index (κ1) is 29.8. The molecule has 2 heteroatoms. The number of rotatable bonds is 3. The molecule has 0 aliphatic heterocycles. The van der Waals surface area contributed by atoms with Crippen molar-refractivity contribution in [1.29, 1.82) is 0 Å². The monoisotopic (exact) mass is 702 g/mol. The van der Waals surface area contributed by atoms with Crippen LogP contribution in [0.5, 0.6) is 0 Å². The molecule has 0 fully saturated rings. The van der Waals surface area contributed by atoms with E-state index in [0.29, 0.717) is 0 Å². The fourth-order valence-corrected chi connectivity index (χ4v) is 10.2. The molecule has 0 spiro atoms. The molecule has 0 unspecified atom stereocenters. The number of hydrogen-bond acceptors (Lipinski definition) is 2. The van der Waals surface area contributed by atoms with Crippen LogP contribution in [0.1, 0.15) is 0 Å². The minimum absolute atomic E-state index is 0.941. The molecule has 2 heterocycles. The molecule has 10 aromatic carbocycles. The molecule has 0 aliphatic carbocycles. The van der Waals surface area contributed by atoms with Crippen molar-refractivity contribution in [3.63, 3.8) is 0 Å². The van der Waals surface area contributed by atoms with Crippen LogP contribution in [0.15, 0.2) is 186 Å². The highest BCUT2D eigenvalue weighted by Crippen LogP contribution is 2.46. The van der Waals surface area contributed by atoms with E-state index < -0.39 is 0 Å². The van der Waals surface area contributed by atoms with Crippen molar-refractivity contribution in [3.8, 4) is 33.4 Å². The van der Waals surface area contributed by atoms with Gasteiger partial charge < -0.3 is 4.42 Å². The van der Waals surface area contributed by atoms with Crippen molar-refractivity contribution in [2.75, 3.05) is 0 Å². The first-order chi connectivity index (χ1) is 26.8. The summed E-state index contributed by atoms with van der Waals surface area (Å²) >= 11 is 1.86. The second-order valence-corrected chi connectivity index (χ2v) is 15.4. The maximum absolute atomic E-state index is 6.45. The number of furan rings is 1. The fourth-order valence-electron chi connectivity index (χ4n) is 8.94. The number of benzene rings is 10. The lowest BCUT2D eigenvalue weighted by atomic mass is 9.85. The molecule has 1 nitrogen and oxygen atoms in total. The highest BCUT2D eigenvalue weighted by molar-refractivity contribution is 7.26. The lowest BCUT2D eigenvalue weighted by Crippen LogP contribution is -1.90. The third-order valence-corrected chi connectivity index (χ3v) is 12.6. The van der Waals surface area contributed by atoms with Crippen LogP contribution in [0, 0.1) is 0 Å². The summed E-state index contributed by atoms with van der Waals surface area (Å²) in [5.41, 5.74) is 9.44. The SMILES string of the molecule is c1ccc(-c2c3ccccc3c(-c3ccc4cc(-c5ccc6c(ccc7c6sc6ccc8c9ccccc9oc8c67)c5)ccc4c3)c3ccccc23)cc1. The lowest BCUT2D eigenvalue weighted by molar-refractivity contribution is 0.673. The van der Waals surface area contributed by atoms with Gasteiger partial charge in [0.15, 0.2) is 0 Å². The Hall–Kier alpha value is -6.74. The van der Waals surface area contributed by atoms with Gasteiger partial charge in [-0.25, -0.2) is 0 Å². The third kappa shape index (κ3) is 4.32. The molecular weight excluding hydrogens is 673 g/mol. The maximum Gasteiger partial charge on any atom is 0.144 e. The van der Waals surface area contributed by atoms with E-state index in [1.54, 1.807) is 0 Å². The average molecular weight is 703 g/mol. The summed E-state index contributed by atoms with van der Waals surface area (Å²) in [4.78, 5) is 0. The van der Waals surface area contributed by atoms with E-state index in [1.165, 1.54) is 107 Å². The van der Waals surface area contributed by atoms with E-state index >= 15 is 0 Å². The molecule has 0 bridgehead atoms. The van der Waals surface area contributed by atoms with Crippen LogP contribution in [-0.4, -0.2) is 0 Å². The highest BCUT2D eigenvalue weighted by Gasteiger charge is 2.18. The fraction of sp³-hybridized carbons (Fsp3) is 0. The Morgan fingerprint density at radius 1 is 0.333 bits per heavy atom. The largest absolute Gasteiger partial charge is 0.455 e. The zero-order chi connectivity index (χ0) is 35.3. The summed E-state index contributed by atoms with van der Waals surface area (Å²) in [6, 6.07) is 66.7. The van der Waals surface area contributed by atoms with Gasteiger partial charge in [-0.15, -0.1) is 11.3 Å². The van der Waals surface area contributed by atoms with Crippen molar-refractivity contribution < 1.29 is 4.42 Å². The molecule has 0 saturated heterocycles. The summed E-state index contributed by atoms with van der Waals surface area (Å²) in [7, 11) is 0. The van der Waals surface area contributed by atoms with Gasteiger partial charge in [0.2, 0.25) is 0 Å². The highest BCUT2D eigenvalue weighted by atomic mass is 32.1. The Morgan fingerprint density at radius 3 is 1.57 bits per heavy atom. The van der Waals surface area contributed by atoms with Gasteiger partial charge in [0.1, 0.15) is 11.2 Å². The van der Waals surface area contributed by atoms with Gasteiger partial charge in [-0.3, -0.25) is 0 Å². The Morgan fingerprint density at radius 2 is 0.852 bits per heavy atom. The number of hydrogen-bond donors (Lipinski definition) is 0. The van der Waals surface area contributed by atoms with E-state index in [4.69, 9.17) is 4.42 Å². The summed E-state index contributed by atoms with van der Waals surface area (Å²) in [5.74, 6) is 0. The summed E-state index contributed by atoms with van der Waals surface area (Å²) in [6.45, 7) is 0. The van der Waals surface area contributed by atoms with E-state index in [-0.39, 0.29) is 0 Å². The molecule has 0 N–H and O–H groups in total. The van der Waals surface area contributed by atoms with E-state index in [1.807, 2.05) is 17.4 Å². The third-order valence-electron chi connectivity index (χ3n) is 11.4. The summed E-state index contributed by atoms with van der Waals surface area (Å²) in [6.07, 6.45) is 0. The van der Waals surface area contributed by atoms with Gasteiger partial charge in [0.25, 0.3) is 0 Å². The lowest BCUT2D eigenvalue weighted by Gasteiger charge is -2.18. The van der Waals surface area contributed by atoms with Crippen molar-refractivity contribution in [2.45, 2.75) is 0 Å². The van der Waals surface area contributed by atoms with Crippen LogP contribution in [0.25, 0.3) is 119 Å². The second-order valence-electron chi connectivity index (χ2n) is 14.4. The van der Waals surface area contributed by atoms with Crippen molar-refractivity contribution in [2.24, 2.45) is 0 Å². The Labute approximate surface area is 314 Å². The number of thiophene rings is 1. The Kier molecular flexibility index (Phi) is 6.28. The van der Waals surface area contributed by atoms with E-state index in [0.717, 1.165) is 11.2 Å². The van der Waals surface area contributed by atoms with Crippen molar-refractivity contribution >= 4 is 96.5 Å². The van der Waals surface area contributed by atoms with Crippen LogP contribution >= 0.6 is 11.3 Å². The van der Waals surface area contributed by atoms with Crippen LogP contribution < -0.4 is 0 Å².